The maximum atomic E-state index is 11.7. The molecule has 2 heterocycles. The van der Waals surface area contributed by atoms with Gasteiger partial charge in [-0.2, -0.15) is 11.3 Å². The van der Waals surface area contributed by atoms with Crippen LogP contribution in [-0.4, -0.2) is 18.1 Å². The summed E-state index contributed by atoms with van der Waals surface area (Å²) in [5.41, 5.74) is 1.96. The summed E-state index contributed by atoms with van der Waals surface area (Å²) < 4.78 is 4.81. The van der Waals surface area contributed by atoms with Gasteiger partial charge in [-0.25, -0.2) is 4.79 Å². The molecule has 2 aromatic rings. The number of nitrogens with one attached hydrogen (secondary N) is 1. The van der Waals surface area contributed by atoms with Gasteiger partial charge in [0, 0.05) is 18.9 Å². The van der Waals surface area contributed by atoms with Crippen molar-refractivity contribution >= 4 is 17.3 Å². The number of hydrogen-bond acceptors (Lipinski definition) is 5. The summed E-state index contributed by atoms with van der Waals surface area (Å²) in [4.78, 5) is 15.8. The second-order valence-corrected chi connectivity index (χ2v) is 4.54. The third kappa shape index (κ3) is 3.15. The highest BCUT2D eigenvalue weighted by atomic mass is 32.1. The summed E-state index contributed by atoms with van der Waals surface area (Å²) >= 11 is 1.56. The SMILES string of the molecule is COC(=O)[C@H](NCc1cccnc1)c1ccsc1. The van der Waals surface area contributed by atoms with E-state index in [9.17, 15) is 4.79 Å². The van der Waals surface area contributed by atoms with Gasteiger partial charge in [0.05, 0.1) is 7.11 Å². The van der Waals surface area contributed by atoms with Gasteiger partial charge >= 0.3 is 5.97 Å². The number of thiophene rings is 1. The largest absolute Gasteiger partial charge is 0.468 e. The Morgan fingerprint density at radius 1 is 1.56 bits per heavy atom. The number of rotatable bonds is 5. The molecule has 0 aliphatic rings. The first-order valence-electron chi connectivity index (χ1n) is 5.53. The molecule has 0 spiro atoms. The molecular formula is C13H14N2O2S. The van der Waals surface area contributed by atoms with Gasteiger partial charge in [0.2, 0.25) is 0 Å². The van der Waals surface area contributed by atoms with Crippen LogP contribution in [0.3, 0.4) is 0 Å². The molecule has 0 aromatic carbocycles. The van der Waals surface area contributed by atoms with E-state index in [1.807, 2.05) is 29.0 Å². The maximum absolute atomic E-state index is 11.7. The molecule has 0 saturated carbocycles. The summed E-state index contributed by atoms with van der Waals surface area (Å²) in [5, 5.41) is 7.07. The maximum Gasteiger partial charge on any atom is 0.327 e. The Bertz CT molecular complexity index is 485. The van der Waals surface area contributed by atoms with E-state index in [1.54, 1.807) is 23.7 Å². The fourth-order valence-corrected chi connectivity index (χ4v) is 2.30. The number of carbonyl (C=O) groups is 1. The van der Waals surface area contributed by atoms with Gasteiger partial charge in [0.25, 0.3) is 0 Å². The van der Waals surface area contributed by atoms with E-state index in [4.69, 9.17) is 4.74 Å². The lowest BCUT2D eigenvalue weighted by Crippen LogP contribution is -2.28. The van der Waals surface area contributed by atoms with Crippen molar-refractivity contribution in [2.45, 2.75) is 12.6 Å². The highest BCUT2D eigenvalue weighted by molar-refractivity contribution is 7.08. The van der Waals surface area contributed by atoms with Crippen molar-refractivity contribution in [1.29, 1.82) is 0 Å². The summed E-state index contributed by atoms with van der Waals surface area (Å²) in [6.07, 6.45) is 3.50. The van der Waals surface area contributed by atoms with Gasteiger partial charge < -0.3 is 4.74 Å². The van der Waals surface area contributed by atoms with Gasteiger partial charge in [-0.3, -0.25) is 10.3 Å². The minimum absolute atomic E-state index is 0.280. The van der Waals surface area contributed by atoms with Crippen molar-refractivity contribution in [2.75, 3.05) is 7.11 Å². The van der Waals surface area contributed by atoms with Crippen LogP contribution in [0.1, 0.15) is 17.2 Å². The molecule has 0 fully saturated rings. The van der Waals surface area contributed by atoms with E-state index in [0.717, 1.165) is 11.1 Å². The van der Waals surface area contributed by atoms with E-state index in [0.29, 0.717) is 6.54 Å². The molecule has 0 saturated heterocycles. The molecule has 5 heteroatoms. The minimum Gasteiger partial charge on any atom is -0.468 e. The summed E-state index contributed by atoms with van der Waals surface area (Å²) in [5.74, 6) is -0.280. The molecule has 0 aliphatic carbocycles. The monoisotopic (exact) mass is 262 g/mol. The fourth-order valence-electron chi connectivity index (χ4n) is 1.62. The van der Waals surface area contributed by atoms with Crippen molar-refractivity contribution in [3.63, 3.8) is 0 Å². The third-order valence-electron chi connectivity index (χ3n) is 2.55. The Balaban J connectivity index is 2.05. The molecule has 0 aliphatic heterocycles. The van der Waals surface area contributed by atoms with Gasteiger partial charge in [-0.05, 0) is 34.0 Å². The van der Waals surface area contributed by atoms with E-state index in [-0.39, 0.29) is 5.97 Å². The number of methoxy groups -OCH3 is 1. The topological polar surface area (TPSA) is 51.2 Å². The molecule has 1 atom stereocenters. The third-order valence-corrected chi connectivity index (χ3v) is 3.25. The van der Waals surface area contributed by atoms with Crippen LogP contribution in [-0.2, 0) is 16.1 Å². The quantitative estimate of drug-likeness (QED) is 0.839. The molecule has 0 bridgehead atoms. The van der Waals surface area contributed by atoms with E-state index < -0.39 is 6.04 Å². The van der Waals surface area contributed by atoms with Crippen LogP contribution in [0.15, 0.2) is 41.4 Å². The van der Waals surface area contributed by atoms with E-state index in [2.05, 4.69) is 10.3 Å². The molecule has 0 unspecified atom stereocenters. The van der Waals surface area contributed by atoms with Crippen molar-refractivity contribution in [3.05, 3.63) is 52.5 Å². The molecule has 18 heavy (non-hydrogen) atoms. The predicted molar refractivity (Wildman–Crippen MR) is 70.2 cm³/mol. The van der Waals surface area contributed by atoms with Gasteiger partial charge in [-0.1, -0.05) is 6.07 Å². The molecule has 2 aromatic heterocycles. The van der Waals surface area contributed by atoms with Crippen LogP contribution in [0.5, 0.6) is 0 Å². The molecule has 0 radical (unpaired) electrons. The Hall–Kier alpha value is -1.72. The Morgan fingerprint density at radius 2 is 2.44 bits per heavy atom. The highest BCUT2D eigenvalue weighted by Gasteiger charge is 2.20. The number of hydrogen-bond donors (Lipinski definition) is 1. The number of carbonyl (C=O) groups excluding carboxylic acids is 1. The average molecular weight is 262 g/mol. The first kappa shape index (κ1) is 12.7. The summed E-state index contributed by atoms with van der Waals surface area (Å²) in [7, 11) is 1.40. The molecule has 94 valence electrons. The number of ether oxygens (including phenoxy) is 1. The van der Waals surface area contributed by atoms with Crippen molar-refractivity contribution in [1.82, 2.24) is 10.3 Å². The van der Waals surface area contributed by atoms with E-state index >= 15 is 0 Å². The molecular weight excluding hydrogens is 248 g/mol. The molecule has 4 nitrogen and oxygen atoms in total. The normalized spacial score (nSPS) is 12.1. The van der Waals surface area contributed by atoms with Gasteiger partial charge in [0.15, 0.2) is 0 Å². The van der Waals surface area contributed by atoms with Crippen molar-refractivity contribution in [3.8, 4) is 0 Å². The number of aromatic nitrogens is 1. The summed E-state index contributed by atoms with van der Waals surface area (Å²) in [6.45, 7) is 0.573. The van der Waals surface area contributed by atoms with Crippen molar-refractivity contribution < 1.29 is 9.53 Å². The lowest BCUT2D eigenvalue weighted by Gasteiger charge is -2.15. The first-order valence-corrected chi connectivity index (χ1v) is 6.47. The zero-order valence-electron chi connectivity index (χ0n) is 10.00. The predicted octanol–water partition coefficient (Wildman–Crippen LogP) is 2.15. The zero-order chi connectivity index (χ0) is 12.8. The average Bonchev–Trinajstić information content (AvgIpc) is 2.94. The number of nitrogens with zero attached hydrogens (tertiary/aromatic N) is 1. The van der Waals surface area contributed by atoms with E-state index in [1.165, 1.54) is 7.11 Å². The van der Waals surface area contributed by atoms with Gasteiger partial charge in [-0.15, -0.1) is 0 Å². The highest BCUT2D eigenvalue weighted by Crippen LogP contribution is 2.18. The van der Waals surface area contributed by atoms with Crippen LogP contribution in [0, 0.1) is 0 Å². The standard InChI is InChI=1S/C13H14N2O2S/c1-17-13(16)12(11-4-6-18-9-11)15-8-10-3-2-5-14-7-10/h2-7,9,12,15H,8H2,1H3/t12-/m1/s1. The molecule has 1 N–H and O–H groups in total. The summed E-state index contributed by atoms with van der Waals surface area (Å²) in [6, 6.07) is 5.32. The first-order chi connectivity index (χ1) is 8.81. The molecule has 0 amide bonds. The minimum atomic E-state index is -0.429. The van der Waals surface area contributed by atoms with Crippen LogP contribution >= 0.6 is 11.3 Å². The Kier molecular flexibility index (Phi) is 4.44. The lowest BCUT2D eigenvalue weighted by molar-refractivity contribution is -0.143. The Morgan fingerprint density at radius 3 is 3.06 bits per heavy atom. The van der Waals surface area contributed by atoms with Crippen LogP contribution in [0.4, 0.5) is 0 Å². The lowest BCUT2D eigenvalue weighted by atomic mass is 10.1. The van der Waals surface area contributed by atoms with Crippen LogP contribution < -0.4 is 5.32 Å². The van der Waals surface area contributed by atoms with Crippen molar-refractivity contribution in [2.24, 2.45) is 0 Å². The second kappa shape index (κ2) is 6.28. The fraction of sp³-hybridized carbons (Fsp3) is 0.231. The number of pyridine rings is 1. The smallest absolute Gasteiger partial charge is 0.327 e. The number of esters is 1. The van der Waals surface area contributed by atoms with Gasteiger partial charge in [0.1, 0.15) is 6.04 Å². The van der Waals surface area contributed by atoms with Crippen LogP contribution in [0.2, 0.25) is 0 Å². The zero-order valence-corrected chi connectivity index (χ0v) is 10.8. The second-order valence-electron chi connectivity index (χ2n) is 3.76. The van der Waals surface area contributed by atoms with Crippen LogP contribution in [0.25, 0.3) is 0 Å². The Labute approximate surface area is 110 Å². The molecule has 2 rings (SSSR count).